The van der Waals surface area contributed by atoms with E-state index < -0.39 is 26.9 Å². The van der Waals surface area contributed by atoms with Crippen molar-refractivity contribution in [1.29, 1.82) is 0 Å². The summed E-state index contributed by atoms with van der Waals surface area (Å²) in [6.07, 6.45) is -1.80. The molecule has 1 aliphatic heterocycles. The quantitative estimate of drug-likeness (QED) is 0.415. The van der Waals surface area contributed by atoms with Crippen molar-refractivity contribution in [2.45, 2.75) is 25.0 Å². The van der Waals surface area contributed by atoms with E-state index >= 15 is 0 Å². The van der Waals surface area contributed by atoms with Crippen LogP contribution in [0, 0.1) is 0 Å². The number of hydrogen-bond donors (Lipinski definition) is 2. The molecule has 2 unspecified atom stereocenters. The fourth-order valence-electron chi connectivity index (χ4n) is 2.88. The van der Waals surface area contributed by atoms with Crippen molar-refractivity contribution in [3.63, 3.8) is 0 Å². The Kier molecular flexibility index (Phi) is 7.10. The van der Waals surface area contributed by atoms with Gasteiger partial charge in [-0.15, -0.1) is 0 Å². The molecule has 2 aromatic rings. The number of benzene rings is 2. The third-order valence-electron chi connectivity index (χ3n) is 4.28. The molecule has 1 saturated heterocycles. The first-order chi connectivity index (χ1) is 14.1. The highest BCUT2D eigenvalue weighted by Gasteiger charge is 2.55. The van der Waals surface area contributed by atoms with Crippen LogP contribution in [0.5, 0.6) is 5.75 Å². The van der Waals surface area contributed by atoms with Crippen molar-refractivity contribution < 1.29 is 37.4 Å². The molecular weight excluding hydrogens is 454 g/mol. The largest absolute Gasteiger partial charge is 0.466 e. The van der Waals surface area contributed by atoms with E-state index in [1.54, 1.807) is 43.3 Å². The van der Waals surface area contributed by atoms with E-state index in [9.17, 15) is 18.9 Å². The van der Waals surface area contributed by atoms with E-state index in [-0.39, 0.29) is 23.7 Å². The van der Waals surface area contributed by atoms with E-state index in [1.165, 1.54) is 12.1 Å². The minimum absolute atomic E-state index is 0.0132. The topological polar surface area (TPSA) is 112 Å². The second-order valence-corrected chi connectivity index (χ2v) is 11.2. The number of hydrogen-bond acceptors (Lipinski definition) is 6. The number of rotatable bonds is 7. The average Bonchev–Trinajstić information content (AvgIpc) is 2.66. The molecule has 0 amide bonds. The van der Waals surface area contributed by atoms with Gasteiger partial charge in [0.2, 0.25) is 6.29 Å². The summed E-state index contributed by atoms with van der Waals surface area (Å²) in [5, 5.41) is -1.17. The van der Waals surface area contributed by atoms with Gasteiger partial charge in [0, 0.05) is 5.02 Å². The van der Waals surface area contributed by atoms with E-state index in [1.807, 2.05) is 0 Å². The molecule has 0 aliphatic carbocycles. The first-order valence-electron chi connectivity index (χ1n) is 8.97. The van der Waals surface area contributed by atoms with Gasteiger partial charge >= 0.3 is 15.2 Å². The molecule has 2 atom stereocenters. The Morgan fingerprint density at radius 3 is 2.30 bits per heavy atom. The van der Waals surface area contributed by atoms with Gasteiger partial charge in [-0.2, -0.15) is 0 Å². The molecule has 162 valence electrons. The standard InChI is InChI=1S/C19H21ClO8P2/c1-3-25-13(2)26-17-7-5-4-6-16(17)19-27-29(21,22)18(30(23,24)28-19)12-14-8-10-15(20)11-9-14/h4-11,18-19H,2-3,12H2,1H3,(H,21,22)(H,23,24). The van der Waals surface area contributed by atoms with Gasteiger partial charge in [0.1, 0.15) is 5.75 Å². The Bertz CT molecular complexity index is 984. The van der Waals surface area contributed by atoms with Crippen LogP contribution in [0.25, 0.3) is 0 Å². The lowest BCUT2D eigenvalue weighted by atomic mass is 10.2. The summed E-state index contributed by atoms with van der Waals surface area (Å²) in [6, 6.07) is 12.6. The molecule has 8 nitrogen and oxygen atoms in total. The molecule has 0 saturated carbocycles. The third-order valence-corrected chi connectivity index (χ3v) is 9.14. The predicted octanol–water partition coefficient (Wildman–Crippen LogP) is 5.21. The van der Waals surface area contributed by atoms with Crippen molar-refractivity contribution in [1.82, 2.24) is 0 Å². The molecule has 0 spiro atoms. The summed E-state index contributed by atoms with van der Waals surface area (Å²) in [5.74, 6) is 0.137. The zero-order valence-corrected chi connectivity index (χ0v) is 18.6. The summed E-state index contributed by atoms with van der Waals surface area (Å²) in [6.45, 7) is 5.67. The Balaban J connectivity index is 1.87. The fourth-order valence-corrected chi connectivity index (χ4v) is 6.90. The molecule has 2 aromatic carbocycles. The zero-order chi connectivity index (χ0) is 21.9. The lowest BCUT2D eigenvalue weighted by Gasteiger charge is -2.36. The predicted molar refractivity (Wildman–Crippen MR) is 111 cm³/mol. The van der Waals surface area contributed by atoms with Crippen LogP contribution >= 0.6 is 26.8 Å². The number of halogens is 1. The van der Waals surface area contributed by atoms with E-state index in [0.29, 0.717) is 17.2 Å². The van der Waals surface area contributed by atoms with Gasteiger partial charge in [0.15, 0.2) is 5.40 Å². The molecule has 3 rings (SSSR count). The van der Waals surface area contributed by atoms with Gasteiger partial charge < -0.3 is 19.3 Å². The summed E-state index contributed by atoms with van der Waals surface area (Å²) in [5.41, 5.74) is 0.683. The maximum atomic E-state index is 12.9. The highest BCUT2D eigenvalue weighted by Crippen LogP contribution is 2.73. The van der Waals surface area contributed by atoms with Crippen LogP contribution in [0.3, 0.4) is 0 Å². The molecule has 2 N–H and O–H groups in total. The lowest BCUT2D eigenvalue weighted by Crippen LogP contribution is -2.25. The van der Waals surface area contributed by atoms with E-state index in [2.05, 4.69) is 6.58 Å². The Labute approximate surface area is 179 Å². The smallest absolute Gasteiger partial charge is 0.346 e. The maximum Gasteiger partial charge on any atom is 0.346 e. The highest BCUT2D eigenvalue weighted by atomic mass is 35.5. The summed E-state index contributed by atoms with van der Waals surface area (Å²) >= 11 is 5.84. The minimum atomic E-state index is -4.56. The van der Waals surface area contributed by atoms with Crippen LogP contribution < -0.4 is 4.74 Å². The van der Waals surface area contributed by atoms with Gasteiger partial charge in [0.05, 0.1) is 12.2 Å². The van der Waals surface area contributed by atoms with Gasteiger partial charge in [0.25, 0.3) is 5.95 Å². The summed E-state index contributed by atoms with van der Waals surface area (Å²) < 4.78 is 46.9. The molecule has 30 heavy (non-hydrogen) atoms. The summed E-state index contributed by atoms with van der Waals surface area (Å²) in [7, 11) is -9.13. The molecular formula is C19H21ClO8P2. The normalized spacial score (nSPS) is 28.7. The Hall–Kier alpha value is -1.63. The second kappa shape index (κ2) is 9.25. The Morgan fingerprint density at radius 1 is 1.10 bits per heavy atom. The van der Waals surface area contributed by atoms with Gasteiger partial charge in [-0.3, -0.25) is 18.2 Å². The van der Waals surface area contributed by atoms with Crippen LogP contribution in [0.15, 0.2) is 61.1 Å². The van der Waals surface area contributed by atoms with Crippen LogP contribution in [-0.4, -0.2) is 21.8 Å². The average molecular weight is 475 g/mol. The lowest BCUT2D eigenvalue weighted by molar-refractivity contribution is -0.0272. The third kappa shape index (κ3) is 5.34. The van der Waals surface area contributed by atoms with E-state index in [0.717, 1.165) is 0 Å². The van der Waals surface area contributed by atoms with Gasteiger partial charge in [-0.1, -0.05) is 41.9 Å². The number of ether oxygens (including phenoxy) is 2. The summed E-state index contributed by atoms with van der Waals surface area (Å²) in [4.78, 5) is 21.0. The van der Waals surface area contributed by atoms with Crippen LogP contribution in [0.2, 0.25) is 5.02 Å². The molecule has 11 heteroatoms. The van der Waals surface area contributed by atoms with Crippen molar-refractivity contribution in [2.75, 3.05) is 6.61 Å². The maximum absolute atomic E-state index is 12.9. The van der Waals surface area contributed by atoms with Crippen LogP contribution in [0.1, 0.15) is 24.3 Å². The molecule has 0 aromatic heterocycles. The zero-order valence-electron chi connectivity index (χ0n) is 16.0. The van der Waals surface area contributed by atoms with Crippen molar-refractivity contribution in [3.05, 3.63) is 77.2 Å². The van der Waals surface area contributed by atoms with Gasteiger partial charge in [-0.25, -0.2) is 0 Å². The fraction of sp³-hybridized carbons (Fsp3) is 0.263. The first-order valence-corrected chi connectivity index (χ1v) is 12.6. The van der Waals surface area contributed by atoms with Crippen molar-refractivity contribution in [3.8, 4) is 5.75 Å². The molecule has 1 aliphatic rings. The van der Waals surface area contributed by atoms with E-state index in [4.69, 9.17) is 30.1 Å². The number of para-hydroxylation sites is 1. The Morgan fingerprint density at radius 2 is 1.70 bits per heavy atom. The van der Waals surface area contributed by atoms with Crippen molar-refractivity contribution in [2.24, 2.45) is 0 Å². The minimum Gasteiger partial charge on any atom is -0.466 e. The van der Waals surface area contributed by atoms with Crippen LogP contribution in [0.4, 0.5) is 0 Å². The van der Waals surface area contributed by atoms with Crippen molar-refractivity contribution >= 4 is 26.8 Å². The SMILES string of the molecule is C=C(OCC)Oc1ccccc1C1OP(=O)(O)C(Cc2ccc(Cl)cc2)P(=O)(O)O1. The van der Waals surface area contributed by atoms with Crippen LogP contribution in [-0.2, 0) is 29.3 Å². The highest BCUT2D eigenvalue weighted by molar-refractivity contribution is 7.72. The second-order valence-electron chi connectivity index (χ2n) is 6.43. The molecule has 1 heterocycles. The van der Waals surface area contributed by atoms with Gasteiger partial charge in [-0.05, 0) is 43.7 Å². The molecule has 0 radical (unpaired) electrons. The molecule has 0 bridgehead atoms. The molecule has 1 fully saturated rings. The first kappa shape index (κ1) is 23.0. The monoisotopic (exact) mass is 474 g/mol.